The van der Waals surface area contributed by atoms with Gasteiger partial charge < -0.3 is 0 Å². The first kappa shape index (κ1) is 16.8. The number of alkyl halides is 1. The lowest BCUT2D eigenvalue weighted by Crippen LogP contribution is -2.69. The SMILES string of the molecule is C/C=C(\CCl)[Si](c1ccccc1)(c1ccccc1)c1ccccc1. The van der Waals surface area contributed by atoms with Crippen LogP contribution in [0, 0.1) is 0 Å². The largest absolute Gasteiger partial charge is 0.176 e. The molecule has 0 spiro atoms. The summed E-state index contributed by atoms with van der Waals surface area (Å²) in [6.07, 6.45) is 2.21. The lowest BCUT2D eigenvalue weighted by Gasteiger charge is -2.35. The highest BCUT2D eigenvalue weighted by molar-refractivity contribution is 7.16. The van der Waals surface area contributed by atoms with Crippen molar-refractivity contribution in [1.82, 2.24) is 0 Å². The van der Waals surface area contributed by atoms with Gasteiger partial charge in [0.25, 0.3) is 0 Å². The van der Waals surface area contributed by atoms with E-state index >= 15 is 0 Å². The predicted octanol–water partition coefficient (Wildman–Crippen LogP) is 3.88. The van der Waals surface area contributed by atoms with Gasteiger partial charge in [-0.25, -0.2) is 0 Å². The summed E-state index contributed by atoms with van der Waals surface area (Å²) in [6.45, 7) is 2.11. The Balaban J connectivity index is 2.42. The molecule has 0 saturated heterocycles. The molecule has 0 aliphatic carbocycles. The topological polar surface area (TPSA) is 0 Å². The van der Waals surface area contributed by atoms with Crippen LogP contribution in [0.1, 0.15) is 6.92 Å². The van der Waals surface area contributed by atoms with E-state index in [2.05, 4.69) is 104 Å². The molecule has 0 aromatic heterocycles. The maximum absolute atomic E-state index is 6.47. The molecule has 0 aliphatic rings. The van der Waals surface area contributed by atoms with Crippen LogP contribution in [0.15, 0.2) is 102 Å². The van der Waals surface area contributed by atoms with E-state index in [0.29, 0.717) is 5.88 Å². The number of allylic oxidation sites excluding steroid dienone is 2. The van der Waals surface area contributed by atoms with Crippen LogP contribution in [-0.2, 0) is 0 Å². The maximum atomic E-state index is 6.47. The summed E-state index contributed by atoms with van der Waals surface area (Å²) < 4.78 is 0. The summed E-state index contributed by atoms with van der Waals surface area (Å²) in [6, 6.07) is 32.5. The van der Waals surface area contributed by atoms with E-state index < -0.39 is 8.07 Å². The van der Waals surface area contributed by atoms with Gasteiger partial charge in [-0.3, -0.25) is 0 Å². The Kier molecular flexibility index (Phi) is 5.34. The first-order valence-electron chi connectivity index (χ1n) is 8.22. The molecule has 0 aliphatic heterocycles. The highest BCUT2D eigenvalue weighted by atomic mass is 35.5. The smallest absolute Gasteiger partial charge is 0.122 e. The molecule has 3 aromatic carbocycles. The van der Waals surface area contributed by atoms with Crippen molar-refractivity contribution in [2.45, 2.75) is 6.92 Å². The van der Waals surface area contributed by atoms with Crippen LogP contribution in [0.3, 0.4) is 0 Å². The lowest BCUT2D eigenvalue weighted by atomic mass is 10.3. The van der Waals surface area contributed by atoms with E-state index in [-0.39, 0.29) is 0 Å². The Morgan fingerprint density at radius 3 is 1.29 bits per heavy atom. The number of hydrogen-bond donors (Lipinski definition) is 0. The Bertz CT molecular complexity index is 698. The van der Waals surface area contributed by atoms with Crippen LogP contribution < -0.4 is 15.6 Å². The zero-order valence-electron chi connectivity index (χ0n) is 13.8. The number of halogens is 1. The van der Waals surface area contributed by atoms with Crippen LogP contribution in [0.5, 0.6) is 0 Å². The highest BCUT2D eigenvalue weighted by Gasteiger charge is 2.41. The third kappa shape index (κ3) is 2.86. The van der Waals surface area contributed by atoms with Crippen molar-refractivity contribution in [3.05, 3.63) is 102 Å². The Hall–Kier alpha value is -2.09. The van der Waals surface area contributed by atoms with Gasteiger partial charge in [0.05, 0.1) is 0 Å². The molecule has 0 nitrogen and oxygen atoms in total. The van der Waals surface area contributed by atoms with Crippen molar-refractivity contribution in [3.8, 4) is 0 Å². The van der Waals surface area contributed by atoms with Crippen molar-refractivity contribution in [1.29, 1.82) is 0 Å². The fraction of sp³-hybridized carbons (Fsp3) is 0.0909. The summed E-state index contributed by atoms with van der Waals surface area (Å²) in [5, 5.41) is 5.44. The van der Waals surface area contributed by atoms with Gasteiger partial charge in [-0.1, -0.05) is 102 Å². The fourth-order valence-electron chi connectivity index (χ4n) is 3.51. The average molecular weight is 349 g/mol. The molecule has 120 valence electrons. The minimum absolute atomic E-state index is 0.543. The van der Waals surface area contributed by atoms with Crippen LogP contribution in [0.4, 0.5) is 0 Å². The van der Waals surface area contributed by atoms with Crippen LogP contribution in [-0.4, -0.2) is 14.0 Å². The van der Waals surface area contributed by atoms with E-state index in [9.17, 15) is 0 Å². The normalized spacial score (nSPS) is 12.2. The van der Waals surface area contributed by atoms with E-state index in [1.807, 2.05) is 0 Å². The summed E-state index contributed by atoms with van der Waals surface area (Å²) in [7, 11) is -2.32. The zero-order valence-corrected chi connectivity index (χ0v) is 15.6. The Labute approximate surface area is 150 Å². The van der Waals surface area contributed by atoms with Gasteiger partial charge in [0.1, 0.15) is 0 Å². The molecule has 2 heteroatoms. The molecule has 0 bridgehead atoms. The summed E-state index contributed by atoms with van der Waals surface area (Å²) >= 11 is 6.47. The number of rotatable bonds is 5. The van der Waals surface area contributed by atoms with Crippen LogP contribution in [0.25, 0.3) is 0 Å². The van der Waals surface area contributed by atoms with Crippen molar-refractivity contribution in [2.75, 3.05) is 5.88 Å². The number of benzene rings is 3. The van der Waals surface area contributed by atoms with Gasteiger partial charge >= 0.3 is 0 Å². The van der Waals surface area contributed by atoms with Gasteiger partial charge in [-0.05, 0) is 22.5 Å². The van der Waals surface area contributed by atoms with Gasteiger partial charge in [-0.2, -0.15) is 0 Å². The van der Waals surface area contributed by atoms with Crippen molar-refractivity contribution in [3.63, 3.8) is 0 Å². The van der Waals surface area contributed by atoms with Gasteiger partial charge in [0.2, 0.25) is 0 Å². The second kappa shape index (κ2) is 7.65. The standard InChI is InChI=1S/C22H21ClSi/c1-2-19(18-23)24(20-12-6-3-7-13-20,21-14-8-4-9-15-21)22-16-10-5-11-17-22/h2-17H,18H2,1H3/b19-2+. The predicted molar refractivity (Wildman–Crippen MR) is 108 cm³/mol. The minimum atomic E-state index is -2.32. The Morgan fingerprint density at radius 1 is 0.708 bits per heavy atom. The van der Waals surface area contributed by atoms with Crippen LogP contribution >= 0.6 is 11.6 Å². The van der Waals surface area contributed by atoms with Crippen molar-refractivity contribution >= 4 is 35.2 Å². The number of hydrogen-bond acceptors (Lipinski definition) is 0. The fourth-order valence-corrected chi connectivity index (χ4v) is 9.09. The van der Waals surface area contributed by atoms with Gasteiger partial charge in [0, 0.05) is 5.88 Å². The van der Waals surface area contributed by atoms with E-state index in [4.69, 9.17) is 11.6 Å². The van der Waals surface area contributed by atoms with Gasteiger partial charge in [-0.15, -0.1) is 11.6 Å². The molecule has 0 N–H and O–H groups in total. The molecule has 0 heterocycles. The molecular formula is C22H21ClSi. The second-order valence-electron chi connectivity index (χ2n) is 5.80. The molecule has 0 atom stereocenters. The third-order valence-corrected chi connectivity index (χ3v) is 10.1. The molecule has 3 rings (SSSR count). The third-order valence-electron chi connectivity index (χ3n) is 4.59. The Morgan fingerprint density at radius 2 is 1.04 bits per heavy atom. The molecule has 3 aromatic rings. The minimum Gasteiger partial charge on any atom is -0.122 e. The molecule has 0 unspecified atom stereocenters. The van der Waals surface area contributed by atoms with Gasteiger partial charge in [0.15, 0.2) is 8.07 Å². The second-order valence-corrected chi connectivity index (χ2v) is 9.94. The highest BCUT2D eigenvalue weighted by Crippen LogP contribution is 2.18. The van der Waals surface area contributed by atoms with Crippen molar-refractivity contribution in [2.24, 2.45) is 0 Å². The molecule has 0 amide bonds. The lowest BCUT2D eigenvalue weighted by molar-refractivity contribution is 1.52. The van der Waals surface area contributed by atoms with E-state index in [1.165, 1.54) is 20.8 Å². The monoisotopic (exact) mass is 348 g/mol. The summed E-state index contributed by atoms with van der Waals surface area (Å²) in [5.41, 5.74) is 0. The molecular weight excluding hydrogens is 328 g/mol. The molecule has 0 saturated carbocycles. The van der Waals surface area contributed by atoms with E-state index in [1.54, 1.807) is 0 Å². The first-order valence-corrected chi connectivity index (χ1v) is 10.8. The van der Waals surface area contributed by atoms with E-state index in [0.717, 1.165) is 0 Å². The summed E-state index contributed by atoms with van der Waals surface area (Å²) in [5.74, 6) is 0.543. The molecule has 0 fully saturated rings. The first-order chi connectivity index (χ1) is 11.8. The quantitative estimate of drug-likeness (QED) is 0.373. The average Bonchev–Trinajstić information content (AvgIpc) is 2.68. The molecule has 0 radical (unpaired) electrons. The van der Waals surface area contributed by atoms with Crippen molar-refractivity contribution < 1.29 is 0 Å². The zero-order chi connectivity index (χ0) is 16.8. The molecule has 24 heavy (non-hydrogen) atoms. The maximum Gasteiger partial charge on any atom is 0.176 e. The summed E-state index contributed by atoms with van der Waals surface area (Å²) in [4.78, 5) is 0. The van der Waals surface area contributed by atoms with Crippen LogP contribution in [0.2, 0.25) is 0 Å².